The van der Waals surface area contributed by atoms with Gasteiger partial charge in [0.05, 0.1) is 0 Å². The van der Waals surface area contributed by atoms with Gasteiger partial charge in [0.25, 0.3) is 0 Å². The van der Waals surface area contributed by atoms with Gasteiger partial charge in [0, 0.05) is 25.0 Å². The lowest BCUT2D eigenvalue weighted by Gasteiger charge is -1.83. The fourth-order valence-corrected chi connectivity index (χ4v) is 1.52. The Morgan fingerprint density at radius 3 is 2.73 bits per heavy atom. The molecule has 0 aromatic carbocycles. The lowest BCUT2D eigenvalue weighted by molar-refractivity contribution is 0.593. The molecule has 0 aliphatic carbocycles. The number of rotatable bonds is 0. The van der Waals surface area contributed by atoms with Crippen molar-refractivity contribution in [3.8, 4) is 0 Å². The third-order valence-corrected chi connectivity index (χ3v) is 2.22. The van der Waals surface area contributed by atoms with Crippen LogP contribution in [0.4, 0.5) is 0 Å². The van der Waals surface area contributed by atoms with Crippen LogP contribution < -0.4 is 0 Å². The van der Waals surface area contributed by atoms with Gasteiger partial charge in [0.15, 0.2) is 0 Å². The van der Waals surface area contributed by atoms with E-state index in [1.807, 2.05) is 6.07 Å². The molecule has 2 aliphatic rings. The molecule has 1 aromatic heterocycles. The zero-order chi connectivity index (χ0) is 7.52. The summed E-state index contributed by atoms with van der Waals surface area (Å²) in [5.74, 6) is 0. The van der Waals surface area contributed by atoms with E-state index in [0.29, 0.717) is 0 Å². The largest absolute Gasteiger partial charge is 0.298 e. The van der Waals surface area contributed by atoms with E-state index >= 15 is 0 Å². The fraction of sp³-hybridized carbons (Fsp3) is 0.625. The Morgan fingerprint density at radius 1 is 1.55 bits per heavy atom. The molecule has 0 saturated carbocycles. The van der Waals surface area contributed by atoms with Crippen molar-refractivity contribution in [1.82, 2.24) is 15.1 Å². The summed E-state index contributed by atoms with van der Waals surface area (Å²) < 4.78 is 0. The topological polar surface area (TPSA) is 31.7 Å². The minimum atomic E-state index is 1.05. The first-order valence-corrected chi connectivity index (χ1v) is 4.14. The summed E-state index contributed by atoms with van der Waals surface area (Å²) in [6.07, 6.45) is 6.41. The van der Waals surface area contributed by atoms with Crippen molar-refractivity contribution >= 4 is 0 Å². The van der Waals surface area contributed by atoms with Crippen molar-refractivity contribution in [3.05, 3.63) is 18.5 Å². The van der Waals surface area contributed by atoms with Crippen LogP contribution >= 0.6 is 0 Å². The van der Waals surface area contributed by atoms with Crippen LogP contribution in [-0.2, 0) is 0 Å². The average molecular weight is 151 g/mol. The van der Waals surface area contributed by atoms with E-state index in [0.717, 1.165) is 6.04 Å². The van der Waals surface area contributed by atoms with Gasteiger partial charge in [-0.1, -0.05) is 0 Å². The van der Waals surface area contributed by atoms with Crippen molar-refractivity contribution < 1.29 is 0 Å². The van der Waals surface area contributed by atoms with Gasteiger partial charge in [-0.2, -0.15) is 5.10 Å². The van der Waals surface area contributed by atoms with Gasteiger partial charge in [0.1, 0.15) is 0 Å². The predicted octanol–water partition coefficient (Wildman–Crippen LogP) is 0.874. The highest BCUT2D eigenvalue weighted by atomic mass is 15.3. The molecule has 3 nitrogen and oxygen atoms in total. The number of nitrogens with zero attached hydrogens (tertiary/aromatic N) is 2. The smallest absolute Gasteiger partial charge is 0.0487 e. The van der Waals surface area contributed by atoms with Gasteiger partial charge in [-0.05, 0) is 25.5 Å². The summed E-state index contributed by atoms with van der Waals surface area (Å²) in [6, 6.07) is 2.88. The van der Waals surface area contributed by atoms with Gasteiger partial charge >= 0.3 is 0 Å². The minimum absolute atomic E-state index is 1.05. The van der Waals surface area contributed by atoms with E-state index < -0.39 is 0 Å². The summed E-state index contributed by atoms with van der Waals surface area (Å²) in [7, 11) is 0. The quantitative estimate of drug-likeness (QED) is 0.558. The van der Waals surface area contributed by atoms with Crippen LogP contribution in [0.1, 0.15) is 12.8 Å². The number of fused-ring (bicyclic) bond motifs is 1. The number of aromatic amines is 1. The third-order valence-electron chi connectivity index (χ3n) is 2.22. The summed E-state index contributed by atoms with van der Waals surface area (Å²) >= 11 is 0. The third kappa shape index (κ3) is 1.80. The lowest BCUT2D eigenvalue weighted by atomic mass is 10.3. The molecule has 2 aliphatic heterocycles. The number of hydrogen-bond donors (Lipinski definition) is 1. The van der Waals surface area contributed by atoms with Crippen molar-refractivity contribution in [2.24, 2.45) is 0 Å². The van der Waals surface area contributed by atoms with Crippen LogP contribution in [0.25, 0.3) is 0 Å². The summed E-state index contributed by atoms with van der Waals surface area (Å²) in [4.78, 5) is 2.53. The summed E-state index contributed by atoms with van der Waals surface area (Å²) in [5, 5.41) is 6.21. The van der Waals surface area contributed by atoms with Crippen LogP contribution in [0, 0.1) is 0 Å². The molecule has 1 N–H and O–H groups in total. The molecule has 2 saturated heterocycles. The van der Waals surface area contributed by atoms with E-state index in [1.54, 1.807) is 12.4 Å². The second-order valence-electron chi connectivity index (χ2n) is 3.06. The number of hydrogen-bond acceptors (Lipinski definition) is 2. The second-order valence-corrected chi connectivity index (χ2v) is 3.06. The van der Waals surface area contributed by atoms with Crippen LogP contribution in [0.2, 0.25) is 0 Å². The highest BCUT2D eigenvalue weighted by Crippen LogP contribution is 2.28. The highest BCUT2D eigenvalue weighted by molar-refractivity contribution is 4.94. The zero-order valence-corrected chi connectivity index (χ0v) is 6.53. The van der Waals surface area contributed by atoms with E-state index in [-0.39, 0.29) is 0 Å². The molecule has 2 fully saturated rings. The molecule has 0 bridgehead atoms. The Morgan fingerprint density at radius 2 is 2.55 bits per heavy atom. The molecule has 2 unspecified atom stereocenters. The molecular weight excluding hydrogens is 138 g/mol. The predicted molar refractivity (Wildman–Crippen MR) is 43.2 cm³/mol. The maximum Gasteiger partial charge on any atom is 0.0487 e. The van der Waals surface area contributed by atoms with Crippen molar-refractivity contribution in [2.75, 3.05) is 13.1 Å². The molecule has 3 heteroatoms. The average Bonchev–Trinajstić information content (AvgIpc) is 2.62. The molecular formula is C8H13N3. The maximum absolute atomic E-state index is 3.60. The second kappa shape index (κ2) is 3.05. The number of aromatic nitrogens is 2. The van der Waals surface area contributed by atoms with Crippen LogP contribution in [0.3, 0.4) is 0 Å². The first kappa shape index (κ1) is 6.85. The van der Waals surface area contributed by atoms with Gasteiger partial charge in [-0.15, -0.1) is 0 Å². The molecule has 0 amide bonds. The normalized spacial score (nSPS) is 32.0. The number of piperidine rings is 1. The molecule has 60 valence electrons. The molecule has 2 atom stereocenters. The molecule has 1 aromatic rings. The number of H-pyrrole nitrogens is 1. The molecule has 3 heterocycles. The van der Waals surface area contributed by atoms with Gasteiger partial charge in [-0.25, -0.2) is 0 Å². The zero-order valence-electron chi connectivity index (χ0n) is 6.53. The first-order valence-electron chi connectivity index (χ1n) is 4.14. The van der Waals surface area contributed by atoms with Crippen molar-refractivity contribution in [3.63, 3.8) is 0 Å². The Hall–Kier alpha value is -0.830. The Labute approximate surface area is 66.4 Å². The van der Waals surface area contributed by atoms with E-state index in [1.165, 1.54) is 25.9 Å². The summed E-state index contributed by atoms with van der Waals surface area (Å²) in [6.45, 7) is 2.81. The minimum Gasteiger partial charge on any atom is -0.298 e. The van der Waals surface area contributed by atoms with Crippen molar-refractivity contribution in [1.29, 1.82) is 0 Å². The maximum atomic E-state index is 3.60. The van der Waals surface area contributed by atoms with Gasteiger partial charge in [0.2, 0.25) is 0 Å². The van der Waals surface area contributed by atoms with Gasteiger partial charge < -0.3 is 0 Å². The number of nitrogens with one attached hydrogen (secondary N) is 1. The van der Waals surface area contributed by atoms with Crippen LogP contribution in [0.5, 0.6) is 0 Å². The molecule has 0 radical (unpaired) electrons. The highest BCUT2D eigenvalue weighted by Gasteiger charge is 2.37. The SMILES string of the molecule is C1CC2CN2C1.c1cn[nH]c1. The van der Waals surface area contributed by atoms with E-state index in [2.05, 4.69) is 15.1 Å². The first-order chi connectivity index (χ1) is 5.47. The molecule has 11 heavy (non-hydrogen) atoms. The van der Waals surface area contributed by atoms with Crippen LogP contribution in [-0.4, -0.2) is 34.2 Å². The molecule has 0 spiro atoms. The summed E-state index contributed by atoms with van der Waals surface area (Å²) in [5.41, 5.74) is 0. The Bertz CT molecular complexity index is 170. The van der Waals surface area contributed by atoms with Crippen molar-refractivity contribution in [2.45, 2.75) is 18.9 Å². The monoisotopic (exact) mass is 151 g/mol. The standard InChI is InChI=1S/C5H9N.C3H4N2/c1-2-5-4-6(5)3-1;1-2-4-5-3-1/h5H,1-4H2;1-3H,(H,4,5). The molecule has 3 rings (SSSR count). The Balaban J connectivity index is 0.0000000893. The van der Waals surface area contributed by atoms with Gasteiger partial charge in [-0.3, -0.25) is 10.00 Å². The lowest BCUT2D eigenvalue weighted by Crippen LogP contribution is -1.90. The van der Waals surface area contributed by atoms with Crippen LogP contribution in [0.15, 0.2) is 18.5 Å². The Kier molecular flexibility index (Phi) is 1.90. The van der Waals surface area contributed by atoms with E-state index in [4.69, 9.17) is 0 Å². The van der Waals surface area contributed by atoms with E-state index in [9.17, 15) is 0 Å². The fourth-order valence-electron chi connectivity index (χ4n) is 1.52.